The molecule has 2 aliphatic rings. The number of hydrogen-bond acceptors (Lipinski definition) is 5. The second-order valence-corrected chi connectivity index (χ2v) is 6.17. The van der Waals surface area contributed by atoms with E-state index in [1.165, 1.54) is 25.0 Å². The van der Waals surface area contributed by atoms with Crippen molar-refractivity contribution >= 4 is 11.4 Å². The molecule has 1 heterocycles. The highest BCUT2D eigenvalue weighted by Gasteiger charge is 2.39. The average Bonchev–Trinajstić information content (AvgIpc) is 2.95. The summed E-state index contributed by atoms with van der Waals surface area (Å²) in [6.07, 6.45) is 6.48. The molecule has 1 aliphatic heterocycles. The van der Waals surface area contributed by atoms with Crippen molar-refractivity contribution in [1.82, 2.24) is 0 Å². The molecule has 1 atom stereocenters. The monoisotopic (exact) mass is 301 g/mol. The van der Waals surface area contributed by atoms with Gasteiger partial charge in [-0.15, -0.1) is 0 Å². The number of ether oxygens (including phenoxy) is 1. The molecule has 1 N–H and O–H groups in total. The Labute approximate surface area is 129 Å². The van der Waals surface area contributed by atoms with E-state index in [1.807, 2.05) is 6.07 Å². The average molecular weight is 301 g/mol. The van der Waals surface area contributed by atoms with E-state index in [1.54, 1.807) is 6.07 Å². The summed E-state index contributed by atoms with van der Waals surface area (Å²) in [6.45, 7) is 0.729. The molecule has 1 aromatic carbocycles. The summed E-state index contributed by atoms with van der Waals surface area (Å²) in [7, 11) is 0. The highest BCUT2D eigenvalue weighted by atomic mass is 16.6. The van der Waals surface area contributed by atoms with Gasteiger partial charge in [0.2, 0.25) is 0 Å². The third-order valence-corrected chi connectivity index (χ3v) is 4.70. The molecule has 3 rings (SSSR count). The van der Waals surface area contributed by atoms with Crippen molar-refractivity contribution in [2.75, 3.05) is 11.9 Å². The molecule has 6 heteroatoms. The van der Waals surface area contributed by atoms with E-state index >= 15 is 0 Å². The van der Waals surface area contributed by atoms with Gasteiger partial charge in [0.15, 0.2) is 0 Å². The van der Waals surface area contributed by atoms with Crippen LogP contribution in [0.2, 0.25) is 0 Å². The Morgan fingerprint density at radius 1 is 1.41 bits per heavy atom. The van der Waals surface area contributed by atoms with Gasteiger partial charge in [-0.1, -0.05) is 12.8 Å². The Bertz CT molecular complexity index is 618. The smallest absolute Gasteiger partial charge is 0.270 e. The molecule has 1 saturated heterocycles. The lowest BCUT2D eigenvalue weighted by Crippen LogP contribution is -2.42. The summed E-state index contributed by atoms with van der Waals surface area (Å²) < 4.78 is 6.01. The minimum absolute atomic E-state index is 0.00347. The second kappa shape index (κ2) is 5.93. The number of benzene rings is 1. The van der Waals surface area contributed by atoms with E-state index in [0.29, 0.717) is 11.3 Å². The summed E-state index contributed by atoms with van der Waals surface area (Å²) >= 11 is 0. The zero-order chi connectivity index (χ0) is 15.6. The SMILES string of the molecule is N#Cc1cc([N+](=O)[O-])ccc1NC1CCOC2(CCCC2)C1. The normalized spacial score (nSPS) is 23.1. The number of hydrogen-bond donors (Lipinski definition) is 1. The van der Waals surface area contributed by atoms with Gasteiger partial charge >= 0.3 is 0 Å². The number of nitrogens with one attached hydrogen (secondary N) is 1. The molecule has 0 aromatic heterocycles. The lowest BCUT2D eigenvalue weighted by molar-refractivity contribution is -0.384. The molecule has 2 fully saturated rings. The summed E-state index contributed by atoms with van der Waals surface area (Å²) in [5.74, 6) is 0. The van der Waals surface area contributed by atoms with E-state index in [2.05, 4.69) is 5.32 Å². The molecule has 1 aliphatic carbocycles. The van der Waals surface area contributed by atoms with E-state index in [9.17, 15) is 15.4 Å². The first-order chi connectivity index (χ1) is 10.6. The fraction of sp³-hybridized carbons (Fsp3) is 0.562. The van der Waals surface area contributed by atoms with E-state index < -0.39 is 4.92 Å². The Hall–Kier alpha value is -2.13. The minimum Gasteiger partial charge on any atom is -0.381 e. The number of rotatable bonds is 3. The van der Waals surface area contributed by atoms with Gasteiger partial charge in [-0.25, -0.2) is 0 Å². The number of nitrogens with zero attached hydrogens (tertiary/aromatic N) is 2. The Morgan fingerprint density at radius 3 is 2.86 bits per heavy atom. The van der Waals surface area contributed by atoms with Crippen molar-refractivity contribution in [3.05, 3.63) is 33.9 Å². The van der Waals surface area contributed by atoms with Crippen LogP contribution in [0.1, 0.15) is 44.1 Å². The Morgan fingerprint density at radius 2 is 2.18 bits per heavy atom. The van der Waals surface area contributed by atoms with E-state index in [4.69, 9.17) is 4.74 Å². The largest absolute Gasteiger partial charge is 0.381 e. The second-order valence-electron chi connectivity index (χ2n) is 6.17. The number of non-ortho nitro benzene ring substituents is 1. The third-order valence-electron chi connectivity index (χ3n) is 4.70. The topological polar surface area (TPSA) is 88.2 Å². The first-order valence-electron chi connectivity index (χ1n) is 7.71. The fourth-order valence-electron chi connectivity index (χ4n) is 3.60. The van der Waals surface area contributed by atoms with E-state index in [0.717, 1.165) is 32.3 Å². The maximum Gasteiger partial charge on any atom is 0.270 e. The molecule has 1 saturated carbocycles. The molecule has 1 aromatic rings. The van der Waals surface area contributed by atoms with Crippen LogP contribution >= 0.6 is 0 Å². The van der Waals surface area contributed by atoms with Crippen LogP contribution < -0.4 is 5.32 Å². The fourth-order valence-corrected chi connectivity index (χ4v) is 3.60. The third kappa shape index (κ3) is 2.90. The van der Waals surface area contributed by atoms with Gasteiger partial charge in [-0.3, -0.25) is 10.1 Å². The standard InChI is InChI=1S/C16H19N3O3/c17-11-12-9-14(19(20)21)3-4-15(12)18-13-5-8-22-16(10-13)6-1-2-7-16/h3-4,9,13,18H,1-2,5-8,10H2. The predicted molar refractivity (Wildman–Crippen MR) is 81.6 cm³/mol. The first-order valence-corrected chi connectivity index (χ1v) is 7.71. The van der Waals surface area contributed by atoms with Crippen LogP contribution in [0.4, 0.5) is 11.4 Å². The van der Waals surface area contributed by atoms with Gasteiger partial charge in [-0.05, 0) is 31.7 Å². The van der Waals surface area contributed by atoms with Crippen LogP contribution in [0.3, 0.4) is 0 Å². The van der Waals surface area contributed by atoms with Crippen molar-refractivity contribution < 1.29 is 9.66 Å². The Balaban J connectivity index is 1.75. The zero-order valence-electron chi connectivity index (χ0n) is 12.4. The molecule has 1 spiro atoms. The van der Waals surface area contributed by atoms with Gasteiger partial charge in [-0.2, -0.15) is 5.26 Å². The first kappa shape index (κ1) is 14.8. The van der Waals surface area contributed by atoms with E-state index in [-0.39, 0.29) is 17.3 Å². The van der Waals surface area contributed by atoms with Crippen molar-refractivity contribution in [2.45, 2.75) is 50.2 Å². The zero-order valence-corrected chi connectivity index (χ0v) is 12.4. The van der Waals surface area contributed by atoms with Crippen molar-refractivity contribution in [2.24, 2.45) is 0 Å². The highest BCUT2D eigenvalue weighted by molar-refractivity contribution is 5.61. The van der Waals surface area contributed by atoms with Crippen LogP contribution in [0.15, 0.2) is 18.2 Å². The summed E-state index contributed by atoms with van der Waals surface area (Å²) in [6, 6.07) is 6.69. The quantitative estimate of drug-likeness (QED) is 0.683. The Kier molecular flexibility index (Phi) is 3.99. The predicted octanol–water partition coefficient (Wildman–Crippen LogP) is 3.37. The van der Waals surface area contributed by atoms with Crippen molar-refractivity contribution in [1.29, 1.82) is 5.26 Å². The molecular formula is C16H19N3O3. The molecule has 116 valence electrons. The van der Waals surface area contributed by atoms with Gasteiger partial charge in [0.05, 0.1) is 21.8 Å². The summed E-state index contributed by atoms with van der Waals surface area (Å²) in [5, 5.41) is 23.4. The summed E-state index contributed by atoms with van der Waals surface area (Å²) in [4.78, 5) is 10.3. The van der Waals surface area contributed by atoms with Crippen LogP contribution in [0.5, 0.6) is 0 Å². The minimum atomic E-state index is -0.480. The maximum atomic E-state index is 10.8. The molecule has 0 amide bonds. The molecule has 0 radical (unpaired) electrons. The number of anilines is 1. The van der Waals surface area contributed by atoms with Gasteiger partial charge < -0.3 is 10.1 Å². The number of nitriles is 1. The lowest BCUT2D eigenvalue weighted by Gasteiger charge is -2.39. The summed E-state index contributed by atoms with van der Waals surface area (Å²) in [5.41, 5.74) is 0.944. The van der Waals surface area contributed by atoms with Gasteiger partial charge in [0.1, 0.15) is 6.07 Å². The number of nitro benzene ring substituents is 1. The molecule has 22 heavy (non-hydrogen) atoms. The molecular weight excluding hydrogens is 282 g/mol. The number of nitro groups is 1. The van der Waals surface area contributed by atoms with Crippen LogP contribution in [0.25, 0.3) is 0 Å². The van der Waals surface area contributed by atoms with Crippen LogP contribution in [-0.4, -0.2) is 23.2 Å². The van der Waals surface area contributed by atoms with Gasteiger partial charge in [0.25, 0.3) is 5.69 Å². The lowest BCUT2D eigenvalue weighted by atomic mass is 9.88. The van der Waals surface area contributed by atoms with Crippen LogP contribution in [-0.2, 0) is 4.74 Å². The molecule has 0 bridgehead atoms. The van der Waals surface area contributed by atoms with Crippen LogP contribution in [0, 0.1) is 21.4 Å². The maximum absolute atomic E-state index is 10.8. The van der Waals surface area contributed by atoms with Crippen molar-refractivity contribution in [3.63, 3.8) is 0 Å². The molecule has 1 unspecified atom stereocenters. The molecule has 6 nitrogen and oxygen atoms in total. The van der Waals surface area contributed by atoms with Crippen molar-refractivity contribution in [3.8, 4) is 6.07 Å². The highest BCUT2D eigenvalue weighted by Crippen LogP contribution is 2.40. The van der Waals surface area contributed by atoms with Gasteiger partial charge in [0, 0.05) is 24.8 Å².